The summed E-state index contributed by atoms with van der Waals surface area (Å²) in [6.45, 7) is 2.28. The van der Waals surface area contributed by atoms with Crippen LogP contribution in [0.2, 0.25) is 0 Å². The lowest BCUT2D eigenvalue weighted by atomic mass is 9.98. The zero-order valence-electron chi connectivity index (χ0n) is 18.3. The molecule has 0 bridgehead atoms. The van der Waals surface area contributed by atoms with Gasteiger partial charge in [-0.15, -0.1) is 0 Å². The molecule has 1 atom stereocenters. The highest BCUT2D eigenvalue weighted by Crippen LogP contribution is 2.30. The highest BCUT2D eigenvalue weighted by Gasteiger charge is 2.34. The molecule has 6 heteroatoms. The Bertz CT molecular complexity index is 1210. The molecule has 0 aliphatic heterocycles. The molecule has 2 heterocycles. The summed E-state index contributed by atoms with van der Waals surface area (Å²) in [6.07, 6.45) is 4.77. The molecule has 1 N–H and O–H groups in total. The molecule has 33 heavy (non-hydrogen) atoms. The Labute approximate surface area is 192 Å². The molecule has 0 radical (unpaired) electrons. The molecule has 0 fully saturated rings. The molecular weight excluding hydrogens is 412 g/mol. The smallest absolute Gasteiger partial charge is 0.277 e. The topological polar surface area (TPSA) is 75.2 Å². The Morgan fingerprint density at radius 3 is 2.33 bits per heavy atom. The van der Waals surface area contributed by atoms with E-state index in [1.807, 2.05) is 61.5 Å². The number of pyridine rings is 2. The number of carbonyl (C=O) groups excluding carboxylic acids is 2. The molecule has 4 rings (SSSR count). The number of benzene rings is 2. The summed E-state index contributed by atoms with van der Waals surface area (Å²) >= 11 is 0. The third-order valence-electron chi connectivity index (χ3n) is 5.33. The van der Waals surface area contributed by atoms with Crippen molar-refractivity contribution in [3.05, 3.63) is 126 Å². The second-order valence-electron chi connectivity index (χ2n) is 7.56. The number of aromatic nitrogens is 2. The average Bonchev–Trinajstić information content (AvgIpc) is 2.88. The highest BCUT2D eigenvalue weighted by atomic mass is 16.2. The van der Waals surface area contributed by atoms with Crippen LogP contribution in [-0.4, -0.2) is 21.8 Å². The van der Waals surface area contributed by atoms with Gasteiger partial charge in [0.25, 0.3) is 5.91 Å². The van der Waals surface area contributed by atoms with Crippen LogP contribution < -0.4 is 10.2 Å². The average molecular weight is 437 g/mol. The summed E-state index contributed by atoms with van der Waals surface area (Å²) in [5, 5.41) is 3.01. The normalized spacial score (nSPS) is 11.4. The Balaban J connectivity index is 1.78. The SMILES string of the molecule is Cc1ccccc1C(C(=O)NCc1ccccc1)N(C(=O)c1ccccn1)c1cccnc1. The molecule has 1 unspecified atom stereocenters. The van der Waals surface area contributed by atoms with Gasteiger partial charge in [0.15, 0.2) is 0 Å². The van der Waals surface area contributed by atoms with E-state index in [9.17, 15) is 9.59 Å². The fourth-order valence-corrected chi connectivity index (χ4v) is 3.67. The fourth-order valence-electron chi connectivity index (χ4n) is 3.67. The van der Waals surface area contributed by atoms with Crippen LogP contribution in [0.5, 0.6) is 0 Å². The minimum atomic E-state index is -0.909. The molecule has 0 aliphatic rings. The van der Waals surface area contributed by atoms with Crippen LogP contribution in [0.1, 0.15) is 33.2 Å². The molecule has 0 aliphatic carbocycles. The molecule has 2 amide bonds. The van der Waals surface area contributed by atoms with Crippen molar-refractivity contribution in [2.75, 3.05) is 4.90 Å². The monoisotopic (exact) mass is 436 g/mol. The largest absolute Gasteiger partial charge is 0.350 e. The number of carbonyl (C=O) groups is 2. The first-order valence-electron chi connectivity index (χ1n) is 10.7. The standard InChI is InChI=1S/C27H24N4O2/c1-20-10-5-6-14-23(20)25(26(32)30-18-21-11-3-2-4-12-21)31(22-13-9-16-28-19-22)27(33)24-15-7-8-17-29-24/h2-17,19,25H,18H2,1H3,(H,30,32). The summed E-state index contributed by atoms with van der Waals surface area (Å²) in [7, 11) is 0. The van der Waals surface area contributed by atoms with Gasteiger partial charge in [0.05, 0.1) is 11.9 Å². The first kappa shape index (κ1) is 21.9. The molecule has 0 saturated heterocycles. The maximum atomic E-state index is 13.7. The van der Waals surface area contributed by atoms with Crippen LogP contribution in [0.25, 0.3) is 0 Å². The summed E-state index contributed by atoms with van der Waals surface area (Å²) < 4.78 is 0. The minimum Gasteiger partial charge on any atom is -0.350 e. The molecule has 2 aromatic heterocycles. The van der Waals surface area contributed by atoms with E-state index in [4.69, 9.17) is 0 Å². The molecule has 2 aromatic carbocycles. The lowest BCUT2D eigenvalue weighted by Gasteiger charge is -2.32. The third kappa shape index (κ3) is 5.13. The molecule has 4 aromatic rings. The van der Waals surface area contributed by atoms with Crippen molar-refractivity contribution in [3.63, 3.8) is 0 Å². The van der Waals surface area contributed by atoms with Gasteiger partial charge >= 0.3 is 0 Å². The number of nitrogens with one attached hydrogen (secondary N) is 1. The second kappa shape index (κ2) is 10.3. The van der Waals surface area contributed by atoms with E-state index < -0.39 is 6.04 Å². The number of nitrogens with zero attached hydrogens (tertiary/aromatic N) is 3. The Hall–Kier alpha value is -4.32. The number of rotatable bonds is 7. The number of hydrogen-bond acceptors (Lipinski definition) is 4. The molecular formula is C27H24N4O2. The number of hydrogen-bond donors (Lipinski definition) is 1. The van der Waals surface area contributed by atoms with Crippen LogP contribution in [0, 0.1) is 6.92 Å². The molecule has 0 saturated carbocycles. The summed E-state index contributed by atoms with van der Waals surface area (Å²) in [6, 6.07) is 25.0. The van der Waals surface area contributed by atoms with Crippen LogP contribution in [0.3, 0.4) is 0 Å². The van der Waals surface area contributed by atoms with E-state index in [0.29, 0.717) is 12.2 Å². The minimum absolute atomic E-state index is 0.246. The predicted molar refractivity (Wildman–Crippen MR) is 127 cm³/mol. The molecule has 164 valence electrons. The van der Waals surface area contributed by atoms with E-state index in [1.165, 1.54) is 4.90 Å². The number of anilines is 1. The van der Waals surface area contributed by atoms with Crippen LogP contribution in [-0.2, 0) is 11.3 Å². The van der Waals surface area contributed by atoms with Crippen molar-refractivity contribution in [1.29, 1.82) is 0 Å². The Kier molecular flexibility index (Phi) is 6.85. The van der Waals surface area contributed by atoms with Gasteiger partial charge in [0.2, 0.25) is 5.91 Å². The lowest BCUT2D eigenvalue weighted by Crippen LogP contribution is -2.44. The highest BCUT2D eigenvalue weighted by molar-refractivity contribution is 6.09. The van der Waals surface area contributed by atoms with Crippen LogP contribution in [0.4, 0.5) is 5.69 Å². The molecule has 0 spiro atoms. The van der Waals surface area contributed by atoms with Gasteiger partial charge in [-0.25, -0.2) is 0 Å². The zero-order valence-corrected chi connectivity index (χ0v) is 18.3. The van der Waals surface area contributed by atoms with E-state index in [1.54, 1.807) is 48.9 Å². The lowest BCUT2D eigenvalue weighted by molar-refractivity contribution is -0.122. The van der Waals surface area contributed by atoms with Gasteiger partial charge in [-0.1, -0.05) is 60.7 Å². The van der Waals surface area contributed by atoms with E-state index >= 15 is 0 Å². The van der Waals surface area contributed by atoms with Crippen LogP contribution in [0.15, 0.2) is 104 Å². The third-order valence-corrected chi connectivity index (χ3v) is 5.33. The van der Waals surface area contributed by atoms with E-state index in [2.05, 4.69) is 15.3 Å². The Morgan fingerprint density at radius 2 is 1.64 bits per heavy atom. The van der Waals surface area contributed by atoms with Crippen molar-refractivity contribution >= 4 is 17.5 Å². The summed E-state index contributed by atoms with van der Waals surface area (Å²) in [5.74, 6) is -0.673. The number of amides is 2. The van der Waals surface area contributed by atoms with E-state index in [0.717, 1.165) is 16.7 Å². The first-order valence-corrected chi connectivity index (χ1v) is 10.7. The van der Waals surface area contributed by atoms with Gasteiger partial charge < -0.3 is 5.32 Å². The zero-order chi connectivity index (χ0) is 23.0. The van der Waals surface area contributed by atoms with E-state index in [-0.39, 0.29) is 17.5 Å². The quantitative estimate of drug-likeness (QED) is 0.463. The first-order chi connectivity index (χ1) is 16.1. The van der Waals surface area contributed by atoms with Crippen molar-refractivity contribution < 1.29 is 9.59 Å². The fraction of sp³-hybridized carbons (Fsp3) is 0.111. The van der Waals surface area contributed by atoms with Gasteiger partial charge in [-0.2, -0.15) is 0 Å². The van der Waals surface area contributed by atoms with Gasteiger partial charge in [-0.3, -0.25) is 24.5 Å². The molecule has 6 nitrogen and oxygen atoms in total. The van der Waals surface area contributed by atoms with Crippen molar-refractivity contribution in [2.24, 2.45) is 0 Å². The summed E-state index contributed by atoms with van der Waals surface area (Å²) in [4.78, 5) is 37.3. The Morgan fingerprint density at radius 1 is 0.879 bits per heavy atom. The predicted octanol–water partition coefficient (Wildman–Crippen LogP) is 4.49. The van der Waals surface area contributed by atoms with Crippen molar-refractivity contribution in [1.82, 2.24) is 15.3 Å². The van der Waals surface area contributed by atoms with Gasteiger partial charge in [0.1, 0.15) is 11.7 Å². The number of aryl methyl sites for hydroxylation is 1. The van der Waals surface area contributed by atoms with Crippen LogP contribution >= 0.6 is 0 Å². The van der Waals surface area contributed by atoms with Crippen molar-refractivity contribution in [3.8, 4) is 0 Å². The van der Waals surface area contributed by atoms with Gasteiger partial charge in [0, 0.05) is 18.9 Å². The summed E-state index contributed by atoms with van der Waals surface area (Å²) in [5.41, 5.74) is 3.36. The van der Waals surface area contributed by atoms with Gasteiger partial charge in [-0.05, 0) is 47.9 Å². The maximum absolute atomic E-state index is 13.7. The maximum Gasteiger partial charge on any atom is 0.277 e. The second-order valence-corrected chi connectivity index (χ2v) is 7.56. The van der Waals surface area contributed by atoms with Crippen molar-refractivity contribution in [2.45, 2.75) is 19.5 Å².